The minimum absolute atomic E-state index is 0.0633. The molecule has 0 bridgehead atoms. The number of hydrogen-bond donors (Lipinski definition) is 1. The van der Waals surface area contributed by atoms with Crippen molar-refractivity contribution in [1.82, 2.24) is 25.1 Å². The molecule has 1 N–H and O–H groups in total. The number of aromatic nitrogens is 4. The monoisotopic (exact) mass is 255 g/mol. The van der Waals surface area contributed by atoms with Crippen LogP contribution in [0.25, 0.3) is 0 Å². The predicted octanol–water partition coefficient (Wildman–Crippen LogP) is 0.593. The molecule has 1 rings (SSSR count). The molecule has 1 aromatic heterocycles. The molecule has 7 heteroatoms. The van der Waals surface area contributed by atoms with E-state index in [-0.39, 0.29) is 12.5 Å². The summed E-state index contributed by atoms with van der Waals surface area (Å²) in [6.07, 6.45) is 2.46. The molecule has 1 atom stereocenters. The standard InChI is InChI=1S/C11H21N5O2/c1-4-5-9(8-11(17)18)16-10(12-13-14-16)6-7-15(2)3/h9H,4-8H2,1-3H3,(H,17,18). The molecule has 0 radical (unpaired) electrons. The Kier molecular flexibility index (Phi) is 5.70. The summed E-state index contributed by atoms with van der Waals surface area (Å²) < 4.78 is 1.67. The Labute approximate surface area is 107 Å². The molecule has 102 valence electrons. The highest BCUT2D eigenvalue weighted by atomic mass is 16.4. The lowest BCUT2D eigenvalue weighted by Gasteiger charge is -2.16. The molecule has 7 nitrogen and oxygen atoms in total. The van der Waals surface area contributed by atoms with Crippen LogP contribution in [-0.2, 0) is 11.2 Å². The molecule has 0 amide bonds. The van der Waals surface area contributed by atoms with Gasteiger partial charge in [-0.1, -0.05) is 13.3 Å². The van der Waals surface area contributed by atoms with E-state index in [1.807, 2.05) is 25.9 Å². The summed E-state index contributed by atoms with van der Waals surface area (Å²) in [5.41, 5.74) is 0. The van der Waals surface area contributed by atoms with Gasteiger partial charge in [0.05, 0.1) is 12.5 Å². The van der Waals surface area contributed by atoms with E-state index >= 15 is 0 Å². The molecule has 0 saturated carbocycles. The first kappa shape index (κ1) is 14.6. The average Bonchev–Trinajstić information content (AvgIpc) is 2.73. The van der Waals surface area contributed by atoms with E-state index in [2.05, 4.69) is 15.5 Å². The number of rotatable bonds is 8. The SMILES string of the molecule is CCCC(CC(=O)O)n1nnnc1CCN(C)C. The van der Waals surface area contributed by atoms with Crippen LogP contribution in [-0.4, -0.2) is 56.8 Å². The van der Waals surface area contributed by atoms with Crippen LogP contribution in [0.4, 0.5) is 0 Å². The van der Waals surface area contributed by atoms with Gasteiger partial charge in [-0.3, -0.25) is 4.79 Å². The molecular formula is C11H21N5O2. The van der Waals surface area contributed by atoms with Crippen LogP contribution in [0.15, 0.2) is 0 Å². The largest absolute Gasteiger partial charge is 0.481 e. The summed E-state index contributed by atoms with van der Waals surface area (Å²) in [5.74, 6) is -0.0640. The number of carboxylic acids is 1. The molecule has 0 aliphatic heterocycles. The molecule has 1 heterocycles. The fourth-order valence-corrected chi connectivity index (χ4v) is 1.83. The van der Waals surface area contributed by atoms with E-state index in [4.69, 9.17) is 5.11 Å². The Morgan fingerprint density at radius 2 is 2.22 bits per heavy atom. The Balaban J connectivity index is 2.77. The van der Waals surface area contributed by atoms with E-state index in [9.17, 15) is 4.79 Å². The van der Waals surface area contributed by atoms with Crippen LogP contribution in [0.1, 0.15) is 38.1 Å². The minimum atomic E-state index is -0.817. The van der Waals surface area contributed by atoms with E-state index in [0.717, 1.165) is 31.6 Å². The normalized spacial score (nSPS) is 12.9. The third-order valence-electron chi connectivity index (χ3n) is 2.72. The Morgan fingerprint density at radius 1 is 1.50 bits per heavy atom. The van der Waals surface area contributed by atoms with Crippen LogP contribution in [0.2, 0.25) is 0 Å². The first-order chi connectivity index (χ1) is 8.54. The third kappa shape index (κ3) is 4.40. The van der Waals surface area contributed by atoms with Gasteiger partial charge in [-0.2, -0.15) is 0 Å². The highest BCUT2D eigenvalue weighted by Gasteiger charge is 2.19. The quantitative estimate of drug-likeness (QED) is 0.732. The number of tetrazole rings is 1. The third-order valence-corrected chi connectivity index (χ3v) is 2.72. The number of nitrogens with zero attached hydrogens (tertiary/aromatic N) is 5. The second kappa shape index (κ2) is 7.05. The van der Waals surface area contributed by atoms with Gasteiger partial charge in [-0.05, 0) is 30.9 Å². The number of likely N-dealkylation sites (N-methyl/N-ethyl adjacent to an activating group) is 1. The highest BCUT2D eigenvalue weighted by Crippen LogP contribution is 2.18. The number of hydrogen-bond acceptors (Lipinski definition) is 5. The Hall–Kier alpha value is -1.50. The lowest BCUT2D eigenvalue weighted by atomic mass is 10.1. The second-order valence-electron chi connectivity index (χ2n) is 4.63. The Bertz CT molecular complexity index is 377. The zero-order valence-electron chi connectivity index (χ0n) is 11.2. The maximum atomic E-state index is 10.9. The first-order valence-corrected chi connectivity index (χ1v) is 6.17. The molecule has 0 spiro atoms. The van der Waals surface area contributed by atoms with E-state index in [1.54, 1.807) is 4.68 Å². The maximum Gasteiger partial charge on any atom is 0.305 e. The van der Waals surface area contributed by atoms with E-state index < -0.39 is 5.97 Å². The van der Waals surface area contributed by atoms with Crippen molar-refractivity contribution in [2.45, 2.75) is 38.6 Å². The van der Waals surface area contributed by atoms with Gasteiger partial charge < -0.3 is 10.0 Å². The van der Waals surface area contributed by atoms with Gasteiger partial charge in [0.15, 0.2) is 5.82 Å². The number of aliphatic carboxylic acids is 1. The summed E-state index contributed by atoms with van der Waals surface area (Å²) in [6.45, 7) is 2.87. The molecule has 1 aromatic rings. The van der Waals surface area contributed by atoms with Crippen molar-refractivity contribution in [3.8, 4) is 0 Å². The molecular weight excluding hydrogens is 234 g/mol. The molecule has 0 aromatic carbocycles. The summed E-state index contributed by atoms with van der Waals surface area (Å²) in [5, 5.41) is 20.5. The molecule has 0 aliphatic rings. The molecule has 0 saturated heterocycles. The topological polar surface area (TPSA) is 84.1 Å². The fourth-order valence-electron chi connectivity index (χ4n) is 1.83. The molecule has 1 unspecified atom stereocenters. The first-order valence-electron chi connectivity index (χ1n) is 6.17. The maximum absolute atomic E-state index is 10.9. The van der Waals surface area contributed by atoms with Crippen molar-refractivity contribution in [2.75, 3.05) is 20.6 Å². The lowest BCUT2D eigenvalue weighted by molar-refractivity contribution is -0.138. The Morgan fingerprint density at radius 3 is 2.78 bits per heavy atom. The zero-order chi connectivity index (χ0) is 13.5. The molecule has 0 aliphatic carbocycles. The predicted molar refractivity (Wildman–Crippen MR) is 66.3 cm³/mol. The average molecular weight is 255 g/mol. The fraction of sp³-hybridized carbons (Fsp3) is 0.818. The van der Waals surface area contributed by atoms with E-state index in [0.29, 0.717) is 0 Å². The minimum Gasteiger partial charge on any atom is -0.481 e. The van der Waals surface area contributed by atoms with Crippen LogP contribution in [0, 0.1) is 0 Å². The second-order valence-corrected chi connectivity index (χ2v) is 4.63. The summed E-state index contributed by atoms with van der Waals surface area (Å²) in [4.78, 5) is 12.9. The summed E-state index contributed by atoms with van der Waals surface area (Å²) in [7, 11) is 3.96. The van der Waals surface area contributed by atoms with Gasteiger partial charge in [0.25, 0.3) is 0 Å². The van der Waals surface area contributed by atoms with Crippen molar-refractivity contribution in [3.05, 3.63) is 5.82 Å². The smallest absolute Gasteiger partial charge is 0.305 e. The number of carbonyl (C=O) groups is 1. The van der Waals surface area contributed by atoms with Crippen molar-refractivity contribution in [2.24, 2.45) is 0 Å². The van der Waals surface area contributed by atoms with Crippen molar-refractivity contribution >= 4 is 5.97 Å². The van der Waals surface area contributed by atoms with E-state index in [1.165, 1.54) is 0 Å². The van der Waals surface area contributed by atoms with Crippen LogP contribution >= 0.6 is 0 Å². The van der Waals surface area contributed by atoms with Crippen LogP contribution < -0.4 is 0 Å². The van der Waals surface area contributed by atoms with Crippen molar-refractivity contribution in [1.29, 1.82) is 0 Å². The van der Waals surface area contributed by atoms with Gasteiger partial charge >= 0.3 is 5.97 Å². The van der Waals surface area contributed by atoms with Crippen LogP contribution in [0.3, 0.4) is 0 Å². The van der Waals surface area contributed by atoms with Crippen molar-refractivity contribution < 1.29 is 9.90 Å². The van der Waals surface area contributed by atoms with Crippen LogP contribution in [0.5, 0.6) is 0 Å². The van der Waals surface area contributed by atoms with Gasteiger partial charge in [0.1, 0.15) is 0 Å². The van der Waals surface area contributed by atoms with Crippen molar-refractivity contribution in [3.63, 3.8) is 0 Å². The van der Waals surface area contributed by atoms with Gasteiger partial charge in [-0.25, -0.2) is 4.68 Å². The van der Waals surface area contributed by atoms with Gasteiger partial charge in [-0.15, -0.1) is 5.10 Å². The summed E-state index contributed by atoms with van der Waals surface area (Å²) in [6, 6.07) is -0.153. The molecule has 18 heavy (non-hydrogen) atoms. The summed E-state index contributed by atoms with van der Waals surface area (Å²) >= 11 is 0. The van der Waals surface area contributed by atoms with Gasteiger partial charge in [0.2, 0.25) is 0 Å². The lowest BCUT2D eigenvalue weighted by Crippen LogP contribution is -2.21. The number of carboxylic acid groups (broad SMARTS) is 1. The zero-order valence-corrected chi connectivity index (χ0v) is 11.2. The highest BCUT2D eigenvalue weighted by molar-refractivity contribution is 5.67. The molecule has 0 fully saturated rings. The van der Waals surface area contributed by atoms with Gasteiger partial charge in [0, 0.05) is 13.0 Å².